The lowest BCUT2D eigenvalue weighted by Gasteiger charge is -2.34. The number of thiophene rings is 1. The first kappa shape index (κ1) is 18.4. The first-order valence-corrected chi connectivity index (χ1v) is 11.0. The molecule has 1 aliphatic carbocycles. The lowest BCUT2D eigenvalue weighted by atomic mass is 9.97. The minimum atomic E-state index is -0.00482. The summed E-state index contributed by atoms with van der Waals surface area (Å²) in [5.74, 6) is 0.739. The number of pyridine rings is 1. The SMILES string of the molecule is O=C(c1cccnc1)N1CCN(Cc2nc3sc4c(c3c(=O)[nH]2)CCCC4)CC1. The number of H-pyrrole nitrogens is 1. The summed E-state index contributed by atoms with van der Waals surface area (Å²) in [5.41, 5.74) is 1.84. The summed E-state index contributed by atoms with van der Waals surface area (Å²) in [4.78, 5) is 43.4. The second-order valence-corrected chi connectivity index (χ2v) is 8.80. The van der Waals surface area contributed by atoms with E-state index in [0.29, 0.717) is 31.0 Å². The maximum Gasteiger partial charge on any atom is 0.259 e. The average Bonchev–Trinajstić information content (AvgIpc) is 3.13. The van der Waals surface area contributed by atoms with Crippen LogP contribution in [-0.4, -0.2) is 56.8 Å². The zero-order chi connectivity index (χ0) is 19.8. The molecule has 1 fully saturated rings. The number of fused-ring (bicyclic) bond motifs is 3. The number of amides is 1. The number of piperazine rings is 1. The fourth-order valence-electron chi connectivity index (χ4n) is 4.28. The standard InChI is InChI=1S/C21H23N5O2S/c27-19-18-15-5-1-2-6-16(15)29-20(18)24-17(23-19)13-25-8-10-26(11-9-25)21(28)14-4-3-7-22-12-14/h3-4,7,12H,1-2,5-6,8-11,13H2,(H,23,24,27). The van der Waals surface area contributed by atoms with Gasteiger partial charge in [-0.25, -0.2) is 4.98 Å². The van der Waals surface area contributed by atoms with Crippen molar-refractivity contribution in [1.82, 2.24) is 24.8 Å². The molecule has 0 spiro atoms. The molecule has 0 saturated carbocycles. The molecule has 1 amide bonds. The summed E-state index contributed by atoms with van der Waals surface area (Å²) in [6, 6.07) is 3.58. The van der Waals surface area contributed by atoms with Gasteiger partial charge in [0.25, 0.3) is 11.5 Å². The first-order chi connectivity index (χ1) is 14.2. The number of nitrogens with one attached hydrogen (secondary N) is 1. The topological polar surface area (TPSA) is 82.2 Å². The van der Waals surface area contributed by atoms with Gasteiger partial charge < -0.3 is 9.88 Å². The zero-order valence-electron chi connectivity index (χ0n) is 16.2. The molecule has 7 nitrogen and oxygen atoms in total. The van der Waals surface area contributed by atoms with Crippen LogP contribution in [-0.2, 0) is 19.4 Å². The van der Waals surface area contributed by atoms with Crippen LogP contribution in [0.1, 0.15) is 39.5 Å². The van der Waals surface area contributed by atoms with Gasteiger partial charge in [0.1, 0.15) is 10.7 Å². The van der Waals surface area contributed by atoms with Crippen molar-refractivity contribution in [1.29, 1.82) is 0 Å². The Bertz CT molecular complexity index is 1100. The number of carbonyl (C=O) groups is 1. The van der Waals surface area contributed by atoms with Crippen molar-refractivity contribution >= 4 is 27.5 Å². The van der Waals surface area contributed by atoms with Crippen molar-refractivity contribution in [3.8, 4) is 0 Å². The van der Waals surface area contributed by atoms with Crippen LogP contribution in [0.5, 0.6) is 0 Å². The highest BCUT2D eigenvalue weighted by molar-refractivity contribution is 7.18. The number of rotatable bonds is 3. The third-order valence-corrected chi connectivity index (χ3v) is 7.00. The van der Waals surface area contributed by atoms with Crippen LogP contribution < -0.4 is 5.56 Å². The second kappa shape index (κ2) is 7.68. The van der Waals surface area contributed by atoms with Gasteiger partial charge in [0.2, 0.25) is 0 Å². The molecule has 1 aliphatic heterocycles. The van der Waals surface area contributed by atoms with Crippen LogP contribution in [0.15, 0.2) is 29.3 Å². The van der Waals surface area contributed by atoms with Crippen LogP contribution in [0.4, 0.5) is 0 Å². The predicted molar refractivity (Wildman–Crippen MR) is 112 cm³/mol. The minimum absolute atomic E-state index is 0.00482. The summed E-state index contributed by atoms with van der Waals surface area (Å²) in [5, 5.41) is 0.806. The quantitative estimate of drug-likeness (QED) is 0.717. The third-order valence-electron chi connectivity index (χ3n) is 5.82. The normalized spacial score (nSPS) is 17.4. The molecule has 29 heavy (non-hydrogen) atoms. The Kier molecular flexibility index (Phi) is 4.89. The second-order valence-electron chi connectivity index (χ2n) is 7.71. The van der Waals surface area contributed by atoms with E-state index in [9.17, 15) is 9.59 Å². The van der Waals surface area contributed by atoms with Crippen LogP contribution >= 0.6 is 11.3 Å². The fourth-order valence-corrected chi connectivity index (χ4v) is 5.56. The largest absolute Gasteiger partial charge is 0.336 e. The van der Waals surface area contributed by atoms with Crippen molar-refractivity contribution in [3.63, 3.8) is 0 Å². The van der Waals surface area contributed by atoms with Crippen LogP contribution in [0, 0.1) is 0 Å². The molecule has 0 bridgehead atoms. The Labute approximate surface area is 172 Å². The molecule has 8 heteroatoms. The Morgan fingerprint density at radius 3 is 2.79 bits per heavy atom. The molecular formula is C21H23N5O2S. The summed E-state index contributed by atoms with van der Waals surface area (Å²) >= 11 is 1.68. The van der Waals surface area contributed by atoms with E-state index < -0.39 is 0 Å². The monoisotopic (exact) mass is 409 g/mol. The average molecular weight is 410 g/mol. The smallest absolute Gasteiger partial charge is 0.259 e. The maximum atomic E-state index is 12.7. The Morgan fingerprint density at radius 2 is 2.00 bits per heavy atom. The Morgan fingerprint density at radius 1 is 1.17 bits per heavy atom. The van der Waals surface area contributed by atoms with E-state index in [1.54, 1.807) is 35.9 Å². The predicted octanol–water partition coefficient (Wildman–Crippen LogP) is 2.22. The van der Waals surface area contributed by atoms with Gasteiger partial charge in [-0.15, -0.1) is 11.3 Å². The van der Waals surface area contributed by atoms with E-state index >= 15 is 0 Å². The summed E-state index contributed by atoms with van der Waals surface area (Å²) in [6.07, 6.45) is 7.70. The molecule has 0 radical (unpaired) electrons. The van der Waals surface area contributed by atoms with Crippen LogP contribution in [0.3, 0.4) is 0 Å². The minimum Gasteiger partial charge on any atom is -0.336 e. The summed E-state index contributed by atoms with van der Waals surface area (Å²) in [7, 11) is 0. The van der Waals surface area contributed by atoms with E-state index in [-0.39, 0.29) is 11.5 Å². The molecule has 0 unspecified atom stereocenters. The van der Waals surface area contributed by atoms with E-state index in [4.69, 9.17) is 4.98 Å². The molecule has 150 valence electrons. The van der Waals surface area contributed by atoms with Crippen molar-refractivity contribution in [2.75, 3.05) is 26.2 Å². The Hall–Kier alpha value is -2.58. The van der Waals surface area contributed by atoms with E-state index in [1.165, 1.54) is 16.9 Å². The van der Waals surface area contributed by atoms with Gasteiger partial charge in [0, 0.05) is 43.4 Å². The van der Waals surface area contributed by atoms with Gasteiger partial charge >= 0.3 is 0 Å². The van der Waals surface area contributed by atoms with Crippen molar-refractivity contribution < 1.29 is 4.79 Å². The lowest BCUT2D eigenvalue weighted by Crippen LogP contribution is -2.48. The number of carbonyl (C=O) groups excluding carboxylic acids is 1. The third kappa shape index (κ3) is 3.58. The van der Waals surface area contributed by atoms with Crippen molar-refractivity contribution in [2.45, 2.75) is 32.2 Å². The van der Waals surface area contributed by atoms with Gasteiger partial charge in [-0.1, -0.05) is 0 Å². The first-order valence-electron chi connectivity index (χ1n) is 10.1. The molecule has 0 atom stereocenters. The van der Waals surface area contributed by atoms with Gasteiger partial charge in [-0.05, 0) is 43.4 Å². The number of aryl methyl sites for hydroxylation is 2. The number of aromatic nitrogens is 3. The van der Waals surface area contributed by atoms with Gasteiger partial charge in [-0.3, -0.25) is 19.5 Å². The number of hydrogen-bond acceptors (Lipinski definition) is 6. The number of nitrogens with zero attached hydrogens (tertiary/aromatic N) is 4. The maximum absolute atomic E-state index is 12.7. The number of hydrogen-bond donors (Lipinski definition) is 1. The molecular weight excluding hydrogens is 386 g/mol. The fraction of sp³-hybridized carbons (Fsp3) is 0.429. The van der Waals surface area contributed by atoms with Crippen molar-refractivity contribution in [2.24, 2.45) is 0 Å². The molecule has 3 aromatic heterocycles. The van der Waals surface area contributed by atoms with Gasteiger partial charge in [-0.2, -0.15) is 0 Å². The molecule has 2 aliphatic rings. The van der Waals surface area contributed by atoms with Crippen LogP contribution in [0.2, 0.25) is 0 Å². The highest BCUT2D eigenvalue weighted by atomic mass is 32.1. The summed E-state index contributed by atoms with van der Waals surface area (Å²) in [6.45, 7) is 3.44. The molecule has 0 aromatic carbocycles. The highest BCUT2D eigenvalue weighted by Crippen LogP contribution is 2.33. The van der Waals surface area contributed by atoms with Crippen LogP contribution in [0.25, 0.3) is 10.2 Å². The molecule has 3 aromatic rings. The highest BCUT2D eigenvalue weighted by Gasteiger charge is 2.24. The molecule has 5 rings (SSSR count). The van der Waals surface area contributed by atoms with Crippen molar-refractivity contribution in [3.05, 3.63) is 56.7 Å². The van der Waals surface area contributed by atoms with E-state index in [0.717, 1.165) is 42.6 Å². The number of aromatic amines is 1. The van der Waals surface area contributed by atoms with E-state index in [2.05, 4.69) is 14.9 Å². The molecule has 1 saturated heterocycles. The zero-order valence-corrected chi connectivity index (χ0v) is 17.0. The van der Waals surface area contributed by atoms with E-state index in [1.807, 2.05) is 4.90 Å². The van der Waals surface area contributed by atoms with Gasteiger partial charge in [0.15, 0.2) is 0 Å². The Balaban J connectivity index is 1.28. The van der Waals surface area contributed by atoms with Gasteiger partial charge in [0.05, 0.1) is 17.5 Å². The lowest BCUT2D eigenvalue weighted by molar-refractivity contribution is 0.0625. The molecule has 4 heterocycles. The molecule has 1 N–H and O–H groups in total. The summed E-state index contributed by atoms with van der Waals surface area (Å²) < 4.78 is 0.